The molecule has 0 aliphatic carbocycles. The van der Waals surface area contributed by atoms with E-state index in [1.807, 2.05) is 12.1 Å². The summed E-state index contributed by atoms with van der Waals surface area (Å²) in [4.78, 5) is 15.1. The fraction of sp³-hybridized carbons (Fsp3) is 0.125. The van der Waals surface area contributed by atoms with Gasteiger partial charge in [0.25, 0.3) is 0 Å². The number of halogens is 1. The number of anilines is 1. The summed E-state index contributed by atoms with van der Waals surface area (Å²) in [6, 6.07) is 19.2. The Labute approximate surface area is 178 Å². The molecule has 1 aromatic heterocycles. The summed E-state index contributed by atoms with van der Waals surface area (Å²) in [6.45, 7) is 1.03. The van der Waals surface area contributed by atoms with Crippen molar-refractivity contribution in [3.63, 3.8) is 0 Å². The smallest absolute Gasteiger partial charge is 0.340 e. The van der Waals surface area contributed by atoms with E-state index in [1.165, 1.54) is 29.5 Å². The third-order valence-electron chi connectivity index (χ3n) is 6.08. The number of rotatable bonds is 3. The number of aromatic nitrogens is 1. The minimum atomic E-state index is -0.370. The third-order valence-corrected chi connectivity index (χ3v) is 6.39. The molecule has 148 valence electrons. The quantitative estimate of drug-likeness (QED) is 0.444. The highest BCUT2D eigenvalue weighted by Gasteiger charge is 2.34. The van der Waals surface area contributed by atoms with Crippen LogP contribution in [0.2, 0.25) is 5.02 Å². The molecule has 3 aliphatic heterocycles. The third kappa shape index (κ3) is 2.49. The number of fused-ring (bicyclic) bond motifs is 1. The van der Waals surface area contributed by atoms with E-state index in [0.717, 1.165) is 28.6 Å². The van der Waals surface area contributed by atoms with E-state index in [2.05, 4.69) is 57.9 Å². The van der Waals surface area contributed by atoms with Crippen LogP contribution in [0.25, 0.3) is 33.2 Å². The van der Waals surface area contributed by atoms with Crippen LogP contribution < -0.4 is 10.4 Å². The lowest BCUT2D eigenvalue weighted by Gasteiger charge is -2.47. The second-order valence-electron chi connectivity index (χ2n) is 7.71. The molecule has 1 saturated heterocycles. The summed E-state index contributed by atoms with van der Waals surface area (Å²) in [6.07, 6.45) is 1.66. The Kier molecular flexibility index (Phi) is 3.72. The monoisotopic (exact) mass is 415 g/mol. The Morgan fingerprint density at radius 2 is 1.80 bits per heavy atom. The minimum absolute atomic E-state index is 0.370. The van der Waals surface area contributed by atoms with Gasteiger partial charge in [-0.15, -0.1) is 0 Å². The maximum atomic E-state index is 12.1. The predicted molar refractivity (Wildman–Crippen MR) is 119 cm³/mol. The first-order valence-corrected chi connectivity index (χ1v) is 10.2. The van der Waals surface area contributed by atoms with E-state index in [9.17, 15) is 4.79 Å². The molecule has 4 bridgehead atoms. The number of ether oxygens (including phenoxy) is 1. The molecule has 6 heteroatoms. The number of hydrogen-bond acceptors (Lipinski definition) is 4. The molecule has 0 amide bonds. The molecule has 1 fully saturated rings. The number of carbonyl (C=O) groups excluding carboxylic acids is 1. The van der Waals surface area contributed by atoms with Crippen molar-refractivity contribution in [2.75, 3.05) is 18.7 Å². The molecule has 4 aromatic rings. The number of esters is 1. The summed E-state index contributed by atoms with van der Waals surface area (Å²) in [5.74, 6) is -0.370. The van der Waals surface area contributed by atoms with Crippen molar-refractivity contribution in [3.05, 3.63) is 76.9 Å². The molecule has 0 spiro atoms. The van der Waals surface area contributed by atoms with Crippen LogP contribution in [0.1, 0.15) is 22.0 Å². The zero-order chi connectivity index (χ0) is 20.4. The van der Waals surface area contributed by atoms with Gasteiger partial charge in [0.05, 0.1) is 36.0 Å². The SMILES string of the molecule is COC(=O)c1c[nH]c2cc(Cl)c(-c3ccc(-c4ccc5cc4C4CN5N4)cc3)cc12. The fourth-order valence-corrected chi connectivity index (χ4v) is 4.71. The summed E-state index contributed by atoms with van der Waals surface area (Å²) in [5, 5.41) is 3.60. The number of nitrogens with one attached hydrogen (secondary N) is 2. The van der Waals surface area contributed by atoms with Gasteiger partial charge in [0.15, 0.2) is 0 Å². The standard InChI is InChI=1S/C24H18ClN3O2/c1-30-24(29)20-11-26-22-10-21(25)17(9-19(20)22)14-4-2-13(3-5-14)16-7-6-15-8-18(16)23-12-28(15)27-23/h2-11,23,26-27H,12H2,1H3. The zero-order valence-electron chi connectivity index (χ0n) is 16.2. The molecule has 1 unspecified atom stereocenters. The number of H-pyrrole nitrogens is 1. The molecule has 7 rings (SSSR count). The van der Waals surface area contributed by atoms with Crippen LogP contribution in [0.5, 0.6) is 0 Å². The first-order chi connectivity index (χ1) is 14.6. The molecule has 5 nitrogen and oxygen atoms in total. The van der Waals surface area contributed by atoms with Crippen molar-refractivity contribution in [2.24, 2.45) is 0 Å². The van der Waals surface area contributed by atoms with Crippen LogP contribution in [0.4, 0.5) is 5.69 Å². The molecule has 2 N–H and O–H groups in total. The molecule has 0 radical (unpaired) electrons. The van der Waals surface area contributed by atoms with Gasteiger partial charge in [-0.1, -0.05) is 41.9 Å². The molecule has 3 aliphatic rings. The van der Waals surface area contributed by atoms with Gasteiger partial charge in [-0.3, -0.25) is 0 Å². The van der Waals surface area contributed by atoms with E-state index >= 15 is 0 Å². The normalized spacial score (nSPS) is 16.5. The summed E-state index contributed by atoms with van der Waals surface area (Å²) in [5.41, 5.74) is 11.6. The maximum absolute atomic E-state index is 12.1. The van der Waals surface area contributed by atoms with Gasteiger partial charge in [-0.25, -0.2) is 10.2 Å². The molecule has 1 atom stereocenters. The van der Waals surface area contributed by atoms with E-state index in [1.54, 1.807) is 6.20 Å². The van der Waals surface area contributed by atoms with Gasteiger partial charge in [0.2, 0.25) is 0 Å². The highest BCUT2D eigenvalue weighted by molar-refractivity contribution is 6.34. The first kappa shape index (κ1) is 17.6. The fourth-order valence-electron chi connectivity index (χ4n) is 4.44. The van der Waals surface area contributed by atoms with Crippen molar-refractivity contribution in [1.82, 2.24) is 10.4 Å². The van der Waals surface area contributed by atoms with Gasteiger partial charge in [-0.05, 0) is 46.5 Å². The number of methoxy groups -OCH3 is 1. The Balaban J connectivity index is 1.40. The lowest BCUT2D eigenvalue weighted by Crippen LogP contribution is -2.58. The summed E-state index contributed by atoms with van der Waals surface area (Å²) >= 11 is 6.57. The van der Waals surface area contributed by atoms with Crippen molar-refractivity contribution in [2.45, 2.75) is 6.04 Å². The minimum Gasteiger partial charge on any atom is -0.465 e. The average molecular weight is 416 g/mol. The lowest BCUT2D eigenvalue weighted by molar-refractivity contribution is 0.0603. The van der Waals surface area contributed by atoms with Gasteiger partial charge in [0.1, 0.15) is 0 Å². The van der Waals surface area contributed by atoms with Crippen molar-refractivity contribution in [3.8, 4) is 22.3 Å². The van der Waals surface area contributed by atoms with Crippen LogP contribution in [-0.2, 0) is 4.74 Å². The zero-order valence-corrected chi connectivity index (χ0v) is 17.0. The van der Waals surface area contributed by atoms with Crippen LogP contribution in [0.15, 0.2) is 60.8 Å². The average Bonchev–Trinajstić information content (AvgIpc) is 3.14. The van der Waals surface area contributed by atoms with Crippen LogP contribution >= 0.6 is 11.6 Å². The van der Waals surface area contributed by atoms with Crippen LogP contribution in [-0.4, -0.2) is 24.6 Å². The van der Waals surface area contributed by atoms with Gasteiger partial charge >= 0.3 is 5.97 Å². The van der Waals surface area contributed by atoms with Gasteiger partial charge in [-0.2, -0.15) is 0 Å². The van der Waals surface area contributed by atoms with Crippen molar-refractivity contribution < 1.29 is 9.53 Å². The molecule has 3 aromatic carbocycles. The van der Waals surface area contributed by atoms with Gasteiger partial charge in [0, 0.05) is 22.7 Å². The molecular weight excluding hydrogens is 398 g/mol. The molecule has 0 saturated carbocycles. The van der Waals surface area contributed by atoms with Crippen LogP contribution in [0, 0.1) is 0 Å². The number of hydrogen-bond donors (Lipinski definition) is 2. The first-order valence-electron chi connectivity index (χ1n) is 9.80. The number of hydrazine groups is 1. The number of benzene rings is 3. The largest absolute Gasteiger partial charge is 0.465 e. The van der Waals surface area contributed by atoms with Crippen LogP contribution in [0.3, 0.4) is 0 Å². The van der Waals surface area contributed by atoms with E-state index in [-0.39, 0.29) is 5.97 Å². The van der Waals surface area contributed by atoms with E-state index in [0.29, 0.717) is 16.6 Å². The number of carbonyl (C=O) groups is 1. The van der Waals surface area contributed by atoms with E-state index < -0.39 is 0 Å². The van der Waals surface area contributed by atoms with E-state index in [4.69, 9.17) is 16.3 Å². The summed E-state index contributed by atoms with van der Waals surface area (Å²) in [7, 11) is 1.38. The molecule has 4 heterocycles. The number of aromatic amines is 1. The lowest BCUT2D eigenvalue weighted by atomic mass is 9.89. The second kappa shape index (κ2) is 6.36. The molecule has 30 heavy (non-hydrogen) atoms. The molecular formula is C24H18ClN3O2. The highest BCUT2D eigenvalue weighted by Crippen LogP contribution is 2.41. The van der Waals surface area contributed by atoms with Gasteiger partial charge < -0.3 is 14.7 Å². The summed E-state index contributed by atoms with van der Waals surface area (Å²) < 4.78 is 4.89. The second-order valence-corrected chi connectivity index (χ2v) is 8.12. The Morgan fingerprint density at radius 1 is 1.07 bits per heavy atom. The number of nitrogens with zero attached hydrogens (tertiary/aromatic N) is 1. The van der Waals surface area contributed by atoms with Crippen molar-refractivity contribution in [1.29, 1.82) is 0 Å². The Morgan fingerprint density at radius 3 is 2.53 bits per heavy atom. The Bertz CT molecular complexity index is 1320. The predicted octanol–water partition coefficient (Wildman–Crippen LogP) is 5.32. The van der Waals surface area contributed by atoms with Crippen molar-refractivity contribution >= 4 is 34.2 Å². The topological polar surface area (TPSA) is 57.4 Å². The maximum Gasteiger partial charge on any atom is 0.340 e. The highest BCUT2D eigenvalue weighted by atomic mass is 35.5. The Hall–Kier alpha value is -3.28.